The highest BCUT2D eigenvalue weighted by Crippen LogP contribution is 2.42. The molecule has 0 spiro atoms. The van der Waals surface area contributed by atoms with Gasteiger partial charge in [-0.05, 0) is 67.2 Å². The predicted octanol–water partition coefficient (Wildman–Crippen LogP) is 4.21. The first-order valence-corrected chi connectivity index (χ1v) is 13.6. The van der Waals surface area contributed by atoms with Gasteiger partial charge in [-0.25, -0.2) is 17.9 Å². The number of amides is 1. The molecule has 0 aliphatic heterocycles. The quantitative estimate of drug-likeness (QED) is 0.264. The first kappa shape index (κ1) is 28.9. The molecule has 0 unspecified atom stereocenters. The number of anilines is 1. The molecule has 4 rings (SSSR count). The number of rotatable bonds is 10. The van der Waals surface area contributed by atoms with Gasteiger partial charge in [0.2, 0.25) is 15.9 Å². The molecule has 0 fully saturated rings. The van der Waals surface area contributed by atoms with E-state index in [0.29, 0.717) is 33.9 Å². The Labute approximate surface area is 236 Å². The van der Waals surface area contributed by atoms with Gasteiger partial charge in [-0.3, -0.25) is 10.1 Å². The van der Waals surface area contributed by atoms with Crippen molar-refractivity contribution in [3.63, 3.8) is 0 Å². The molecule has 0 bridgehead atoms. The van der Waals surface area contributed by atoms with Gasteiger partial charge in [0.05, 0.1) is 24.7 Å². The van der Waals surface area contributed by atoms with Gasteiger partial charge >= 0.3 is 5.97 Å². The molecule has 0 aliphatic carbocycles. The van der Waals surface area contributed by atoms with Gasteiger partial charge in [0.1, 0.15) is 28.9 Å². The monoisotopic (exact) mass is 575 g/mol. The molecule has 0 radical (unpaired) electrons. The van der Waals surface area contributed by atoms with E-state index in [1.807, 2.05) is 0 Å². The van der Waals surface area contributed by atoms with Gasteiger partial charge in [-0.1, -0.05) is 18.2 Å². The van der Waals surface area contributed by atoms with E-state index in [0.717, 1.165) is 6.07 Å². The van der Waals surface area contributed by atoms with Gasteiger partial charge < -0.3 is 18.6 Å². The maximum atomic E-state index is 12.8. The van der Waals surface area contributed by atoms with E-state index in [-0.39, 0.29) is 21.9 Å². The molecule has 1 amide bonds. The molecular formula is C29H25N3O8S. The van der Waals surface area contributed by atoms with Crippen LogP contribution in [0.1, 0.15) is 15.9 Å². The second kappa shape index (κ2) is 12.4. The Morgan fingerprint density at radius 3 is 2.10 bits per heavy atom. The fourth-order valence-corrected chi connectivity index (χ4v) is 4.67. The zero-order valence-corrected chi connectivity index (χ0v) is 23.1. The van der Waals surface area contributed by atoms with E-state index < -0.39 is 28.5 Å². The molecule has 0 aliphatic rings. The van der Waals surface area contributed by atoms with Gasteiger partial charge in [-0.2, -0.15) is 5.26 Å². The Morgan fingerprint density at radius 1 is 0.927 bits per heavy atom. The average molecular weight is 576 g/mol. The van der Waals surface area contributed by atoms with Crippen molar-refractivity contribution in [2.75, 3.05) is 33.2 Å². The highest BCUT2D eigenvalue weighted by Gasteiger charge is 2.25. The number of carbonyl (C=O) groups excluding carboxylic acids is 2. The van der Waals surface area contributed by atoms with Gasteiger partial charge in [0.15, 0.2) is 6.61 Å². The predicted molar refractivity (Wildman–Crippen MR) is 149 cm³/mol. The molecule has 2 N–H and O–H groups in total. The number of nitrogens with zero attached hydrogens (tertiary/aromatic N) is 1. The summed E-state index contributed by atoms with van der Waals surface area (Å²) < 4.78 is 47.7. The molecule has 210 valence electrons. The van der Waals surface area contributed by atoms with Crippen LogP contribution < -0.4 is 19.5 Å². The zero-order valence-electron chi connectivity index (χ0n) is 22.3. The van der Waals surface area contributed by atoms with Crippen LogP contribution in [0, 0.1) is 11.3 Å². The summed E-state index contributed by atoms with van der Waals surface area (Å²) in [5, 5.41) is 12.5. The van der Waals surface area contributed by atoms with Crippen molar-refractivity contribution in [1.29, 1.82) is 5.26 Å². The van der Waals surface area contributed by atoms with Crippen LogP contribution in [-0.4, -0.2) is 48.2 Å². The lowest BCUT2D eigenvalue weighted by Gasteiger charge is -2.07. The van der Waals surface area contributed by atoms with Gasteiger partial charge in [-0.15, -0.1) is 0 Å². The van der Waals surface area contributed by atoms with Gasteiger partial charge in [0.25, 0.3) is 5.91 Å². The number of nitriles is 1. The minimum Gasteiger partial charge on any atom is -0.497 e. The third-order valence-electron chi connectivity index (χ3n) is 5.99. The van der Waals surface area contributed by atoms with Crippen molar-refractivity contribution in [3.8, 4) is 40.0 Å². The maximum absolute atomic E-state index is 12.8. The molecule has 11 nitrogen and oxygen atoms in total. The number of carbonyl (C=O) groups is 2. The number of sulfonamides is 1. The van der Waals surface area contributed by atoms with Crippen molar-refractivity contribution < 1.29 is 36.6 Å². The van der Waals surface area contributed by atoms with Crippen LogP contribution in [-0.2, 0) is 19.6 Å². The summed E-state index contributed by atoms with van der Waals surface area (Å²) in [6.07, 6.45) is 0. The first-order chi connectivity index (χ1) is 19.7. The molecule has 1 aromatic heterocycles. The Morgan fingerprint density at radius 2 is 1.54 bits per heavy atom. The lowest BCUT2D eigenvalue weighted by Crippen LogP contribution is -2.22. The minimum atomic E-state index is -3.78. The topological polar surface area (TPSA) is 157 Å². The number of furan rings is 1. The van der Waals surface area contributed by atoms with Crippen molar-refractivity contribution in [2.24, 2.45) is 0 Å². The third kappa shape index (κ3) is 6.38. The molecule has 0 atom stereocenters. The number of benzene rings is 3. The number of hydrogen-bond acceptors (Lipinski definition) is 9. The Bertz CT molecular complexity index is 1720. The van der Waals surface area contributed by atoms with Crippen LogP contribution in [0.5, 0.6) is 11.5 Å². The highest BCUT2D eigenvalue weighted by molar-refractivity contribution is 7.89. The van der Waals surface area contributed by atoms with E-state index in [2.05, 4.69) is 16.1 Å². The van der Waals surface area contributed by atoms with E-state index in [9.17, 15) is 23.3 Å². The molecule has 3 aromatic carbocycles. The summed E-state index contributed by atoms with van der Waals surface area (Å²) in [6, 6.07) is 21.2. The average Bonchev–Trinajstić information content (AvgIpc) is 3.37. The number of ether oxygens (including phenoxy) is 3. The summed E-state index contributed by atoms with van der Waals surface area (Å²) in [6.45, 7) is -0.719. The molecule has 12 heteroatoms. The lowest BCUT2D eigenvalue weighted by atomic mass is 9.98. The summed E-state index contributed by atoms with van der Waals surface area (Å²) >= 11 is 0. The fraction of sp³-hybridized carbons (Fsp3) is 0.138. The van der Waals surface area contributed by atoms with Crippen LogP contribution in [0.4, 0.5) is 5.88 Å². The van der Waals surface area contributed by atoms with Gasteiger partial charge in [0, 0.05) is 11.1 Å². The molecule has 0 saturated heterocycles. The van der Waals surface area contributed by atoms with E-state index in [4.69, 9.17) is 18.6 Å². The van der Waals surface area contributed by atoms with Crippen LogP contribution >= 0.6 is 0 Å². The summed E-state index contributed by atoms with van der Waals surface area (Å²) in [5.74, 6) is -0.254. The van der Waals surface area contributed by atoms with Crippen LogP contribution in [0.2, 0.25) is 0 Å². The molecule has 1 heterocycles. The maximum Gasteiger partial charge on any atom is 0.338 e. The fourth-order valence-electron chi connectivity index (χ4n) is 3.89. The summed E-state index contributed by atoms with van der Waals surface area (Å²) in [4.78, 5) is 25.1. The van der Waals surface area contributed by atoms with E-state index in [1.54, 1.807) is 55.6 Å². The molecule has 41 heavy (non-hydrogen) atoms. The lowest BCUT2D eigenvalue weighted by molar-refractivity contribution is -0.119. The van der Waals surface area contributed by atoms with Crippen molar-refractivity contribution in [2.45, 2.75) is 4.90 Å². The van der Waals surface area contributed by atoms with Crippen molar-refractivity contribution in [3.05, 3.63) is 83.9 Å². The van der Waals surface area contributed by atoms with Crippen LogP contribution in [0.15, 0.2) is 82.1 Å². The highest BCUT2D eigenvalue weighted by atomic mass is 32.2. The van der Waals surface area contributed by atoms with Crippen LogP contribution in [0.25, 0.3) is 22.5 Å². The minimum absolute atomic E-state index is 0.0608. The molecule has 4 aromatic rings. The second-order valence-electron chi connectivity index (χ2n) is 8.44. The van der Waals surface area contributed by atoms with Crippen molar-refractivity contribution >= 4 is 27.8 Å². The third-order valence-corrected chi connectivity index (χ3v) is 7.40. The largest absolute Gasteiger partial charge is 0.497 e. The zero-order chi connectivity index (χ0) is 29.6. The number of esters is 1. The normalized spacial score (nSPS) is 10.9. The summed E-state index contributed by atoms with van der Waals surface area (Å²) in [5.41, 5.74) is 1.70. The van der Waals surface area contributed by atoms with Crippen LogP contribution in [0.3, 0.4) is 0 Å². The Balaban J connectivity index is 1.60. The van der Waals surface area contributed by atoms with E-state index >= 15 is 0 Å². The Kier molecular flexibility index (Phi) is 8.72. The molecule has 0 saturated carbocycles. The summed E-state index contributed by atoms with van der Waals surface area (Å²) in [7, 11) is 0.542. The Hall–Kier alpha value is -5.12. The number of hydrogen-bond donors (Lipinski definition) is 2. The number of methoxy groups -OCH3 is 2. The molecular weight excluding hydrogens is 550 g/mol. The van der Waals surface area contributed by atoms with Crippen molar-refractivity contribution in [1.82, 2.24) is 4.72 Å². The van der Waals surface area contributed by atoms with E-state index in [1.165, 1.54) is 32.4 Å². The first-order valence-electron chi connectivity index (χ1n) is 12.1. The standard InChI is InChI=1S/C29H25N3O8S/c1-31-41(35,36)23-6-4-5-20(15-23)29(34)39-17-25(33)32-28-24(16-30)26(18-7-11-21(37-2)12-8-18)27(40-28)19-9-13-22(38-3)14-10-19/h4-15,31H,17H2,1-3H3,(H,32,33). The number of nitrogens with one attached hydrogen (secondary N) is 2. The SMILES string of the molecule is CNS(=O)(=O)c1cccc(C(=O)OCC(=O)Nc2oc(-c3ccc(OC)cc3)c(-c3ccc(OC)cc3)c2C#N)c1. The second-order valence-corrected chi connectivity index (χ2v) is 10.3. The smallest absolute Gasteiger partial charge is 0.338 e.